The first kappa shape index (κ1) is 40.8. The van der Waals surface area contributed by atoms with Gasteiger partial charge in [0.15, 0.2) is 17.6 Å². The summed E-state index contributed by atoms with van der Waals surface area (Å²) in [6.45, 7) is 4.83. The highest BCUT2D eigenvalue weighted by Crippen LogP contribution is 2.41. The quantitative estimate of drug-likeness (QED) is 0.124. The molecule has 0 radical (unpaired) electrons. The summed E-state index contributed by atoms with van der Waals surface area (Å²) in [7, 11) is 0. The number of fused-ring (bicyclic) bond motifs is 2. The number of amides is 1. The van der Waals surface area contributed by atoms with Crippen LogP contribution in [0.1, 0.15) is 50.9 Å². The van der Waals surface area contributed by atoms with E-state index in [2.05, 4.69) is 15.3 Å². The van der Waals surface area contributed by atoms with E-state index in [1.54, 1.807) is 18.3 Å². The molecule has 0 spiro atoms. The first-order valence-electron chi connectivity index (χ1n) is 19.5. The maximum absolute atomic E-state index is 15.0. The van der Waals surface area contributed by atoms with Crippen LogP contribution >= 0.6 is 23.2 Å². The Morgan fingerprint density at radius 2 is 1.68 bits per heavy atom. The van der Waals surface area contributed by atoms with Gasteiger partial charge in [0.1, 0.15) is 30.8 Å². The lowest BCUT2D eigenvalue weighted by Crippen LogP contribution is -2.54. The minimum Gasteiger partial charge on any atom is -0.489 e. The van der Waals surface area contributed by atoms with Crippen molar-refractivity contribution in [2.45, 2.75) is 64.6 Å². The Labute approximate surface area is 356 Å². The van der Waals surface area contributed by atoms with E-state index in [0.29, 0.717) is 33.9 Å². The van der Waals surface area contributed by atoms with Gasteiger partial charge in [0.25, 0.3) is 0 Å². The third-order valence-corrected chi connectivity index (χ3v) is 11.8. The van der Waals surface area contributed by atoms with Crippen LogP contribution in [-0.2, 0) is 42.1 Å². The number of hydrogen-bond donors (Lipinski definition) is 2. The number of nitrogens with one attached hydrogen (secondary N) is 1. The zero-order valence-electron chi connectivity index (χ0n) is 32.8. The molecule has 2 N–H and O–H groups in total. The van der Waals surface area contributed by atoms with Gasteiger partial charge < -0.3 is 24.6 Å². The lowest BCUT2D eigenvalue weighted by atomic mass is 9.91. The predicted molar refractivity (Wildman–Crippen MR) is 226 cm³/mol. The number of aromatic nitrogens is 2. The first-order valence-corrected chi connectivity index (χ1v) is 20.2. The molecule has 1 unspecified atom stereocenters. The molecule has 0 aliphatic carbocycles. The Bertz CT molecular complexity index is 2560. The first-order chi connectivity index (χ1) is 29.0. The van der Waals surface area contributed by atoms with Crippen molar-refractivity contribution in [3.63, 3.8) is 0 Å². The number of benzene rings is 4. The van der Waals surface area contributed by atoms with E-state index < -0.39 is 35.9 Å². The summed E-state index contributed by atoms with van der Waals surface area (Å²) in [5, 5.41) is 14.0. The number of carboxylic acids is 1. The van der Waals surface area contributed by atoms with Crippen molar-refractivity contribution in [1.29, 1.82) is 0 Å². The fourth-order valence-corrected chi connectivity index (χ4v) is 7.89. The summed E-state index contributed by atoms with van der Waals surface area (Å²) in [5.41, 5.74) is 8.48. The minimum absolute atomic E-state index is 0.0217. The zero-order chi connectivity index (χ0) is 41.9. The number of nitrogens with zero attached hydrogens (tertiary/aromatic N) is 3. The largest absolute Gasteiger partial charge is 0.489 e. The molecule has 0 saturated carbocycles. The van der Waals surface area contributed by atoms with E-state index in [4.69, 9.17) is 37.4 Å². The molecule has 3 atom stereocenters. The fraction of sp³-hybridized carbons (Fsp3) is 0.234. The number of hydrogen-bond acceptors (Lipinski definition) is 8. The fourth-order valence-electron chi connectivity index (χ4n) is 7.57. The van der Waals surface area contributed by atoms with Crippen molar-refractivity contribution < 1.29 is 33.3 Å². The van der Waals surface area contributed by atoms with E-state index in [-0.39, 0.29) is 38.2 Å². The lowest BCUT2D eigenvalue weighted by Gasteiger charge is -2.37. The third-order valence-electron chi connectivity index (χ3n) is 11.1. The second kappa shape index (κ2) is 17.7. The van der Waals surface area contributed by atoms with Gasteiger partial charge in [0.05, 0.1) is 21.8 Å². The van der Waals surface area contributed by atoms with Crippen molar-refractivity contribution in [3.8, 4) is 28.4 Å². The molecule has 10 nitrogen and oxygen atoms in total. The standard InChI is InChI=1S/C47H41Cl2FN4O6/c1-27-28(2)51-17-15-36(27)31-8-5-29(6-9-31)19-40(47(56)57)53-46(55)42-20-33-21-43-44(22-34(33)23-54(42)24-41-39(50)4-3-16-52-41)60-45(26-59-43)32-10-12-35(13-11-32)58-25-30-7-14-37(48)38(49)18-30/h3-18,21-22,40,42,45H,19-20,23-26H2,1-2H3,(H,53,55)(H,56,57)/t40?,42-,45+/m0/s1. The number of carboxylic acid groups (broad SMARTS) is 1. The molecule has 2 aromatic heterocycles. The second-order valence-corrected chi connectivity index (χ2v) is 15.8. The smallest absolute Gasteiger partial charge is 0.326 e. The summed E-state index contributed by atoms with van der Waals surface area (Å²) in [5.74, 6) is -0.381. The molecule has 0 bridgehead atoms. The van der Waals surface area contributed by atoms with Gasteiger partial charge >= 0.3 is 5.97 Å². The minimum atomic E-state index is -1.21. The molecule has 2 aliphatic rings. The topological polar surface area (TPSA) is 123 Å². The summed E-state index contributed by atoms with van der Waals surface area (Å²) in [4.78, 5) is 37.1. The SMILES string of the molecule is Cc1nccc(-c2ccc(CC(NC(=O)[C@@H]3Cc4cc5c(cc4CN3Cc3ncccc3F)O[C@@H](c3ccc(OCc4ccc(Cl)c(Cl)c4)cc3)CO5)C(=O)O)cc2)c1C. The normalized spacial score (nSPS) is 16.4. The number of aliphatic carboxylic acids is 1. The van der Waals surface area contributed by atoms with Gasteiger partial charge in [-0.25, -0.2) is 9.18 Å². The van der Waals surface area contributed by atoms with Crippen LogP contribution in [0.4, 0.5) is 4.39 Å². The Kier molecular flexibility index (Phi) is 12.0. The maximum Gasteiger partial charge on any atom is 0.326 e. The average molecular weight is 848 g/mol. The second-order valence-electron chi connectivity index (χ2n) is 15.0. The zero-order valence-corrected chi connectivity index (χ0v) is 34.3. The van der Waals surface area contributed by atoms with E-state index in [0.717, 1.165) is 50.2 Å². The van der Waals surface area contributed by atoms with Crippen LogP contribution in [0.3, 0.4) is 0 Å². The van der Waals surface area contributed by atoms with Crippen LogP contribution in [-0.4, -0.2) is 50.5 Å². The molecule has 60 heavy (non-hydrogen) atoms. The molecule has 306 valence electrons. The summed E-state index contributed by atoms with van der Waals surface area (Å²) < 4.78 is 33.6. The van der Waals surface area contributed by atoms with Crippen LogP contribution < -0.4 is 19.5 Å². The van der Waals surface area contributed by atoms with Crippen molar-refractivity contribution >= 4 is 35.1 Å². The van der Waals surface area contributed by atoms with Crippen molar-refractivity contribution in [2.75, 3.05) is 6.61 Å². The number of carbonyl (C=O) groups excluding carboxylic acids is 1. The molecule has 13 heteroatoms. The van der Waals surface area contributed by atoms with Crippen LogP contribution in [0, 0.1) is 19.7 Å². The van der Waals surface area contributed by atoms with E-state index >= 15 is 0 Å². The van der Waals surface area contributed by atoms with Gasteiger partial charge in [-0.15, -0.1) is 0 Å². The van der Waals surface area contributed by atoms with E-state index in [9.17, 15) is 19.1 Å². The monoisotopic (exact) mass is 846 g/mol. The molecule has 4 heterocycles. The number of aryl methyl sites for hydroxylation is 1. The maximum atomic E-state index is 15.0. The summed E-state index contributed by atoms with van der Waals surface area (Å²) in [6, 6.07) is 27.1. The van der Waals surface area contributed by atoms with Crippen LogP contribution in [0.5, 0.6) is 17.2 Å². The predicted octanol–water partition coefficient (Wildman–Crippen LogP) is 9.04. The summed E-state index contributed by atoms with van der Waals surface area (Å²) in [6.07, 6.45) is 3.18. The number of rotatable bonds is 12. The Morgan fingerprint density at radius 3 is 2.43 bits per heavy atom. The van der Waals surface area contributed by atoms with Gasteiger partial charge in [-0.2, -0.15) is 0 Å². The molecule has 0 fully saturated rings. The van der Waals surface area contributed by atoms with Crippen LogP contribution in [0.15, 0.2) is 109 Å². The van der Waals surface area contributed by atoms with Crippen molar-refractivity contribution in [1.82, 2.24) is 20.2 Å². The van der Waals surface area contributed by atoms with Gasteiger partial charge in [-0.1, -0.05) is 65.7 Å². The number of ether oxygens (including phenoxy) is 3. The molecule has 4 aromatic carbocycles. The molecular weight excluding hydrogens is 806 g/mol. The molecular formula is C47H41Cl2FN4O6. The van der Waals surface area contributed by atoms with Crippen LogP contribution in [0.2, 0.25) is 10.0 Å². The summed E-state index contributed by atoms with van der Waals surface area (Å²) >= 11 is 12.2. The Morgan fingerprint density at radius 1 is 0.917 bits per heavy atom. The number of halogens is 3. The van der Waals surface area contributed by atoms with Gasteiger partial charge in [-0.3, -0.25) is 19.7 Å². The average Bonchev–Trinajstić information content (AvgIpc) is 3.25. The van der Waals surface area contributed by atoms with E-state index in [1.165, 1.54) is 18.3 Å². The number of carbonyl (C=O) groups is 2. The highest BCUT2D eigenvalue weighted by molar-refractivity contribution is 6.42. The molecule has 0 saturated heterocycles. The van der Waals surface area contributed by atoms with Gasteiger partial charge in [-0.05, 0) is 119 Å². The lowest BCUT2D eigenvalue weighted by molar-refractivity contribution is -0.142. The molecule has 8 rings (SSSR count). The van der Waals surface area contributed by atoms with Crippen LogP contribution in [0.25, 0.3) is 11.1 Å². The Hall–Kier alpha value is -6.01. The Balaban J connectivity index is 0.974. The number of pyridine rings is 2. The molecule has 6 aromatic rings. The molecule has 1 amide bonds. The van der Waals surface area contributed by atoms with Gasteiger partial charge in [0, 0.05) is 37.6 Å². The third kappa shape index (κ3) is 9.08. The van der Waals surface area contributed by atoms with Crippen molar-refractivity contribution in [3.05, 3.63) is 170 Å². The highest BCUT2D eigenvalue weighted by Gasteiger charge is 2.36. The highest BCUT2D eigenvalue weighted by atomic mass is 35.5. The van der Waals surface area contributed by atoms with Gasteiger partial charge in [0.2, 0.25) is 5.91 Å². The van der Waals surface area contributed by atoms with E-state index in [1.807, 2.05) is 91.5 Å². The van der Waals surface area contributed by atoms with Crippen molar-refractivity contribution in [2.24, 2.45) is 0 Å². The molecule has 2 aliphatic heterocycles.